The first-order chi connectivity index (χ1) is 12.5. The van der Waals surface area contributed by atoms with Crippen LogP contribution in [0.3, 0.4) is 0 Å². The van der Waals surface area contributed by atoms with Gasteiger partial charge in [0.1, 0.15) is 5.82 Å². The van der Waals surface area contributed by atoms with Crippen molar-refractivity contribution in [1.29, 1.82) is 0 Å². The smallest absolute Gasteiger partial charge is 0.219 e. The summed E-state index contributed by atoms with van der Waals surface area (Å²) in [5.41, 5.74) is 8.15. The molecule has 3 rings (SSSR count). The summed E-state index contributed by atoms with van der Waals surface area (Å²) in [5, 5.41) is 9.37. The van der Waals surface area contributed by atoms with Crippen LogP contribution in [0.15, 0.2) is 59.8 Å². The zero-order chi connectivity index (χ0) is 18.5. The summed E-state index contributed by atoms with van der Waals surface area (Å²) in [6.45, 7) is 2.18. The van der Waals surface area contributed by atoms with Gasteiger partial charge in [0.2, 0.25) is 5.95 Å². The van der Waals surface area contributed by atoms with Crippen molar-refractivity contribution in [2.24, 2.45) is 0 Å². The highest BCUT2D eigenvalue weighted by atomic mass is 32.2. The fraction of sp³-hybridized carbons (Fsp3) is 0.158. The summed E-state index contributed by atoms with van der Waals surface area (Å²) >= 11 is 1.41. The fourth-order valence-electron chi connectivity index (χ4n) is 2.43. The van der Waals surface area contributed by atoms with Crippen LogP contribution in [0.1, 0.15) is 6.92 Å². The number of nitrogens with two attached hydrogens (primary N) is 1. The van der Waals surface area contributed by atoms with Gasteiger partial charge in [-0.3, -0.25) is 4.72 Å². The number of hydrogen-bond acceptors (Lipinski definition) is 6. The van der Waals surface area contributed by atoms with Gasteiger partial charge in [-0.25, -0.2) is 14.4 Å². The molecular formula is C19H19FN4OS. The monoisotopic (exact) mass is 370 g/mol. The minimum Gasteiger partial charge on any atom is -0.392 e. The molecule has 0 aliphatic carbocycles. The van der Waals surface area contributed by atoms with E-state index in [0.29, 0.717) is 17.7 Å². The SMILES string of the molecule is CC(O)CNSc1ccccc1-c1ccc(-c2cnc(N)nc2)c(F)c1. The van der Waals surface area contributed by atoms with Crippen molar-refractivity contribution >= 4 is 17.9 Å². The number of aromatic nitrogens is 2. The van der Waals surface area contributed by atoms with Gasteiger partial charge < -0.3 is 10.8 Å². The predicted molar refractivity (Wildman–Crippen MR) is 103 cm³/mol. The van der Waals surface area contributed by atoms with Gasteiger partial charge in [-0.2, -0.15) is 0 Å². The Balaban J connectivity index is 1.88. The second-order valence-corrected chi connectivity index (χ2v) is 6.75. The lowest BCUT2D eigenvalue weighted by Gasteiger charge is -2.12. The van der Waals surface area contributed by atoms with Crippen LogP contribution in [-0.2, 0) is 0 Å². The number of aliphatic hydroxyl groups is 1. The number of anilines is 1. The largest absolute Gasteiger partial charge is 0.392 e. The maximum absolute atomic E-state index is 14.7. The molecule has 0 fully saturated rings. The average Bonchev–Trinajstić information content (AvgIpc) is 2.63. The molecule has 0 spiro atoms. The van der Waals surface area contributed by atoms with Crippen molar-refractivity contribution in [3.8, 4) is 22.3 Å². The van der Waals surface area contributed by atoms with Crippen molar-refractivity contribution in [2.45, 2.75) is 17.9 Å². The summed E-state index contributed by atoms with van der Waals surface area (Å²) in [5.74, 6) is -0.200. The summed E-state index contributed by atoms with van der Waals surface area (Å²) in [6.07, 6.45) is 2.57. The number of halogens is 1. The van der Waals surface area contributed by atoms with Crippen LogP contribution in [0, 0.1) is 5.82 Å². The third kappa shape index (κ3) is 4.37. The quantitative estimate of drug-likeness (QED) is 0.576. The molecule has 7 heteroatoms. The van der Waals surface area contributed by atoms with Crippen LogP contribution in [-0.4, -0.2) is 27.7 Å². The number of nitrogens with zero attached hydrogens (tertiary/aromatic N) is 2. The molecule has 26 heavy (non-hydrogen) atoms. The molecule has 5 nitrogen and oxygen atoms in total. The van der Waals surface area contributed by atoms with Crippen molar-refractivity contribution in [3.63, 3.8) is 0 Å². The van der Waals surface area contributed by atoms with Crippen molar-refractivity contribution in [2.75, 3.05) is 12.3 Å². The molecule has 0 bridgehead atoms. The molecule has 1 unspecified atom stereocenters. The number of hydrogen-bond donors (Lipinski definition) is 3. The predicted octanol–water partition coefficient (Wildman–Crippen LogP) is 3.51. The van der Waals surface area contributed by atoms with Crippen LogP contribution in [0.5, 0.6) is 0 Å². The van der Waals surface area contributed by atoms with E-state index in [1.165, 1.54) is 30.4 Å². The summed E-state index contributed by atoms with van der Waals surface area (Å²) in [7, 11) is 0. The number of aliphatic hydroxyl groups excluding tert-OH is 1. The van der Waals surface area contributed by atoms with E-state index in [9.17, 15) is 9.50 Å². The van der Waals surface area contributed by atoms with E-state index in [0.717, 1.165) is 16.0 Å². The van der Waals surface area contributed by atoms with Crippen LogP contribution >= 0.6 is 11.9 Å². The molecule has 4 N–H and O–H groups in total. The van der Waals surface area contributed by atoms with Gasteiger partial charge in [0.25, 0.3) is 0 Å². The highest BCUT2D eigenvalue weighted by Gasteiger charge is 2.11. The van der Waals surface area contributed by atoms with Crippen LogP contribution in [0.4, 0.5) is 10.3 Å². The van der Waals surface area contributed by atoms with Gasteiger partial charge in [-0.15, -0.1) is 0 Å². The van der Waals surface area contributed by atoms with Gasteiger partial charge >= 0.3 is 0 Å². The maximum atomic E-state index is 14.7. The Morgan fingerprint density at radius 3 is 2.54 bits per heavy atom. The second-order valence-electron chi connectivity index (χ2n) is 5.82. The van der Waals surface area contributed by atoms with Gasteiger partial charge in [0.15, 0.2) is 0 Å². The highest BCUT2D eigenvalue weighted by molar-refractivity contribution is 7.97. The zero-order valence-corrected chi connectivity index (χ0v) is 15.0. The molecule has 2 aromatic carbocycles. The van der Waals surface area contributed by atoms with E-state index in [-0.39, 0.29) is 11.8 Å². The molecule has 1 aromatic heterocycles. The third-order valence-electron chi connectivity index (χ3n) is 3.71. The molecule has 0 aliphatic rings. The molecule has 0 saturated carbocycles. The molecule has 1 atom stereocenters. The summed E-state index contributed by atoms with van der Waals surface area (Å²) in [4.78, 5) is 8.77. The Kier molecular flexibility index (Phi) is 5.82. The van der Waals surface area contributed by atoms with Crippen LogP contribution in [0.25, 0.3) is 22.3 Å². The third-order valence-corrected chi connectivity index (χ3v) is 4.60. The van der Waals surface area contributed by atoms with Crippen LogP contribution < -0.4 is 10.5 Å². The zero-order valence-electron chi connectivity index (χ0n) is 14.2. The van der Waals surface area contributed by atoms with E-state index < -0.39 is 6.10 Å². The lowest BCUT2D eigenvalue weighted by molar-refractivity contribution is 0.200. The van der Waals surface area contributed by atoms with Crippen molar-refractivity contribution < 1.29 is 9.50 Å². The normalized spacial score (nSPS) is 12.1. The van der Waals surface area contributed by atoms with E-state index in [1.54, 1.807) is 13.0 Å². The molecule has 1 heterocycles. The Bertz CT molecular complexity index is 887. The molecule has 0 amide bonds. The van der Waals surface area contributed by atoms with E-state index >= 15 is 0 Å². The molecule has 3 aromatic rings. The highest BCUT2D eigenvalue weighted by Crippen LogP contribution is 2.32. The molecule has 0 aliphatic heterocycles. The lowest BCUT2D eigenvalue weighted by atomic mass is 10.0. The Morgan fingerprint density at radius 2 is 1.85 bits per heavy atom. The van der Waals surface area contributed by atoms with E-state index in [2.05, 4.69) is 14.7 Å². The number of nitrogens with one attached hydrogen (secondary N) is 1. The van der Waals surface area contributed by atoms with Crippen LogP contribution in [0.2, 0.25) is 0 Å². The van der Waals surface area contributed by atoms with Crippen molar-refractivity contribution in [3.05, 3.63) is 60.7 Å². The Hall–Kier alpha value is -2.48. The standard InChI is InChI=1S/C19H19FN4OS/c1-12(25)9-24-26-18-5-3-2-4-16(18)13-6-7-15(17(20)8-13)14-10-22-19(21)23-11-14/h2-8,10-12,24-25H,9H2,1H3,(H2,21,22,23). The first kappa shape index (κ1) is 18.3. The average molecular weight is 370 g/mol. The first-order valence-electron chi connectivity index (χ1n) is 8.09. The topological polar surface area (TPSA) is 84.1 Å². The number of nitrogen functional groups attached to an aromatic ring is 1. The fourth-order valence-corrected chi connectivity index (χ4v) is 3.35. The molecular weight excluding hydrogens is 351 g/mol. The first-order valence-corrected chi connectivity index (χ1v) is 8.91. The van der Waals surface area contributed by atoms with Crippen molar-refractivity contribution in [1.82, 2.24) is 14.7 Å². The number of rotatable bonds is 6. The molecule has 134 valence electrons. The van der Waals surface area contributed by atoms with E-state index in [1.807, 2.05) is 30.3 Å². The Labute approximate surface area is 155 Å². The van der Waals surface area contributed by atoms with Gasteiger partial charge in [-0.1, -0.05) is 30.3 Å². The van der Waals surface area contributed by atoms with Gasteiger partial charge in [0, 0.05) is 35.0 Å². The second kappa shape index (κ2) is 8.27. The summed E-state index contributed by atoms with van der Waals surface area (Å²) < 4.78 is 17.8. The van der Waals surface area contributed by atoms with Gasteiger partial charge in [0.05, 0.1) is 6.10 Å². The Morgan fingerprint density at radius 1 is 1.12 bits per heavy atom. The maximum Gasteiger partial charge on any atom is 0.219 e. The van der Waals surface area contributed by atoms with Gasteiger partial charge in [-0.05, 0) is 42.1 Å². The summed E-state index contributed by atoms with van der Waals surface area (Å²) in [6, 6.07) is 12.8. The minimum atomic E-state index is -0.437. The minimum absolute atomic E-state index is 0.154. The van der Waals surface area contributed by atoms with E-state index in [4.69, 9.17) is 5.73 Å². The molecule has 0 saturated heterocycles. The molecule has 0 radical (unpaired) electrons. The number of benzene rings is 2. The lowest BCUT2D eigenvalue weighted by Crippen LogP contribution is -2.18.